The number of amides is 2. The van der Waals surface area contributed by atoms with Crippen LogP contribution in [0, 0.1) is 26.7 Å². The molecule has 0 aliphatic carbocycles. The lowest BCUT2D eigenvalue weighted by atomic mass is 9.95. The van der Waals surface area contributed by atoms with Gasteiger partial charge < -0.3 is 10.2 Å². The Hall–Kier alpha value is -2.62. The van der Waals surface area contributed by atoms with Crippen molar-refractivity contribution in [1.82, 2.24) is 4.90 Å². The van der Waals surface area contributed by atoms with Gasteiger partial charge in [-0.15, -0.1) is 0 Å². The number of likely N-dealkylation sites (tertiary alicyclic amines) is 1. The number of anilines is 1. The van der Waals surface area contributed by atoms with Gasteiger partial charge in [-0.25, -0.2) is 0 Å². The zero-order valence-electron chi connectivity index (χ0n) is 16.4. The molecular formula is C23H28N2O2. The zero-order chi connectivity index (χ0) is 19.4. The predicted octanol–water partition coefficient (Wildman–Crippen LogP) is 4.03. The maximum absolute atomic E-state index is 12.6. The van der Waals surface area contributed by atoms with Crippen LogP contribution in [0.5, 0.6) is 0 Å². The highest BCUT2D eigenvalue weighted by Crippen LogP contribution is 2.21. The predicted molar refractivity (Wildman–Crippen MR) is 109 cm³/mol. The number of carbonyl (C=O) groups excluding carboxylic acids is 2. The molecular weight excluding hydrogens is 336 g/mol. The van der Waals surface area contributed by atoms with E-state index >= 15 is 0 Å². The molecule has 1 N–H and O–H groups in total. The van der Waals surface area contributed by atoms with E-state index in [9.17, 15) is 9.59 Å². The summed E-state index contributed by atoms with van der Waals surface area (Å²) in [5.41, 5.74) is 5.38. The molecule has 0 spiro atoms. The molecule has 0 atom stereocenters. The minimum atomic E-state index is -0.0331. The summed E-state index contributed by atoms with van der Waals surface area (Å²) >= 11 is 0. The van der Waals surface area contributed by atoms with Gasteiger partial charge >= 0.3 is 0 Å². The Morgan fingerprint density at radius 3 is 2.11 bits per heavy atom. The molecule has 1 saturated heterocycles. The van der Waals surface area contributed by atoms with Crippen LogP contribution in [-0.4, -0.2) is 29.8 Å². The second-order valence-corrected chi connectivity index (χ2v) is 7.68. The van der Waals surface area contributed by atoms with Crippen molar-refractivity contribution >= 4 is 17.5 Å². The van der Waals surface area contributed by atoms with Crippen LogP contribution in [0.3, 0.4) is 0 Å². The number of nitrogens with one attached hydrogen (secondary N) is 1. The number of hydrogen-bond donors (Lipinski definition) is 1. The Labute approximate surface area is 161 Å². The third kappa shape index (κ3) is 5.19. The highest BCUT2D eigenvalue weighted by molar-refractivity contribution is 5.93. The van der Waals surface area contributed by atoms with Gasteiger partial charge in [-0.1, -0.05) is 35.9 Å². The average molecular weight is 364 g/mol. The van der Waals surface area contributed by atoms with Crippen LogP contribution in [0.25, 0.3) is 0 Å². The summed E-state index contributed by atoms with van der Waals surface area (Å²) in [6, 6.07) is 14.2. The van der Waals surface area contributed by atoms with Crippen LogP contribution in [0.15, 0.2) is 42.5 Å². The first-order chi connectivity index (χ1) is 12.9. The SMILES string of the molecule is Cc1ccc(CC(=O)N2CCC(C(=O)Nc3cc(C)cc(C)c3)CC2)cc1. The molecule has 0 saturated carbocycles. The molecule has 0 bridgehead atoms. The van der Waals surface area contributed by atoms with Crippen LogP contribution < -0.4 is 5.32 Å². The summed E-state index contributed by atoms with van der Waals surface area (Å²) < 4.78 is 0. The Morgan fingerprint density at radius 2 is 1.52 bits per heavy atom. The molecule has 4 heteroatoms. The van der Waals surface area contributed by atoms with E-state index in [1.165, 1.54) is 5.56 Å². The molecule has 1 aliphatic rings. The van der Waals surface area contributed by atoms with Gasteiger partial charge in [0.1, 0.15) is 0 Å². The smallest absolute Gasteiger partial charge is 0.227 e. The maximum atomic E-state index is 12.6. The second-order valence-electron chi connectivity index (χ2n) is 7.68. The second kappa shape index (κ2) is 8.38. The van der Waals surface area contributed by atoms with Gasteiger partial charge in [0.25, 0.3) is 0 Å². The topological polar surface area (TPSA) is 49.4 Å². The Bertz CT molecular complexity index is 799. The molecule has 2 aromatic carbocycles. The van der Waals surface area contributed by atoms with Crippen LogP contribution >= 0.6 is 0 Å². The molecule has 142 valence electrons. The van der Waals surface area contributed by atoms with Crippen molar-refractivity contribution in [3.8, 4) is 0 Å². The number of nitrogens with zero attached hydrogens (tertiary/aromatic N) is 1. The van der Waals surface area contributed by atoms with Gasteiger partial charge in [-0.3, -0.25) is 9.59 Å². The van der Waals surface area contributed by atoms with E-state index in [2.05, 4.69) is 11.4 Å². The molecule has 0 unspecified atom stereocenters. The van der Waals surface area contributed by atoms with Gasteiger partial charge in [0.05, 0.1) is 6.42 Å². The highest BCUT2D eigenvalue weighted by atomic mass is 16.2. The van der Waals surface area contributed by atoms with Crippen molar-refractivity contribution in [3.05, 3.63) is 64.7 Å². The van der Waals surface area contributed by atoms with Gasteiger partial charge in [0.2, 0.25) is 11.8 Å². The third-order valence-corrected chi connectivity index (χ3v) is 5.18. The molecule has 1 fully saturated rings. The Morgan fingerprint density at radius 1 is 0.926 bits per heavy atom. The lowest BCUT2D eigenvalue weighted by Gasteiger charge is -2.31. The highest BCUT2D eigenvalue weighted by Gasteiger charge is 2.27. The van der Waals surface area contributed by atoms with Crippen molar-refractivity contribution in [3.63, 3.8) is 0 Å². The first-order valence-corrected chi connectivity index (χ1v) is 9.63. The van der Waals surface area contributed by atoms with Crippen LogP contribution in [0.4, 0.5) is 5.69 Å². The lowest BCUT2D eigenvalue weighted by Crippen LogP contribution is -2.42. The van der Waals surface area contributed by atoms with Crippen LogP contribution in [0.1, 0.15) is 35.1 Å². The molecule has 2 amide bonds. The Balaban J connectivity index is 1.51. The van der Waals surface area contributed by atoms with Gasteiger partial charge in [0.15, 0.2) is 0 Å². The number of piperidine rings is 1. The number of aryl methyl sites for hydroxylation is 3. The normalized spacial score (nSPS) is 14.9. The molecule has 3 rings (SSSR count). The number of rotatable bonds is 4. The van der Waals surface area contributed by atoms with E-state index in [4.69, 9.17) is 0 Å². The zero-order valence-corrected chi connectivity index (χ0v) is 16.4. The van der Waals surface area contributed by atoms with Crippen LogP contribution in [0.2, 0.25) is 0 Å². The van der Waals surface area contributed by atoms with E-state index in [1.54, 1.807) is 0 Å². The molecule has 2 aromatic rings. The quantitative estimate of drug-likeness (QED) is 0.890. The monoisotopic (exact) mass is 364 g/mol. The third-order valence-electron chi connectivity index (χ3n) is 5.18. The van der Waals surface area contributed by atoms with Crippen molar-refractivity contribution in [1.29, 1.82) is 0 Å². The van der Waals surface area contributed by atoms with E-state index < -0.39 is 0 Å². The molecule has 0 aromatic heterocycles. The van der Waals surface area contributed by atoms with E-state index in [0.29, 0.717) is 19.5 Å². The number of hydrogen-bond acceptors (Lipinski definition) is 2. The Kier molecular flexibility index (Phi) is 5.94. The fourth-order valence-corrected chi connectivity index (χ4v) is 3.67. The first kappa shape index (κ1) is 19.2. The summed E-state index contributed by atoms with van der Waals surface area (Å²) in [4.78, 5) is 27.0. The fourth-order valence-electron chi connectivity index (χ4n) is 3.67. The van der Waals surface area contributed by atoms with E-state index in [-0.39, 0.29) is 17.7 Å². The van der Waals surface area contributed by atoms with E-state index in [1.807, 2.05) is 62.1 Å². The molecule has 1 aliphatic heterocycles. The van der Waals surface area contributed by atoms with Crippen molar-refractivity contribution in [2.45, 2.75) is 40.0 Å². The standard InChI is InChI=1S/C23H28N2O2/c1-16-4-6-19(7-5-16)15-22(26)25-10-8-20(9-11-25)23(27)24-21-13-17(2)12-18(3)14-21/h4-7,12-14,20H,8-11,15H2,1-3H3,(H,24,27). The molecule has 4 nitrogen and oxygen atoms in total. The fraction of sp³-hybridized carbons (Fsp3) is 0.391. The lowest BCUT2D eigenvalue weighted by molar-refractivity contribution is -0.133. The van der Waals surface area contributed by atoms with Gasteiger partial charge in [0, 0.05) is 24.7 Å². The van der Waals surface area contributed by atoms with Crippen molar-refractivity contribution < 1.29 is 9.59 Å². The summed E-state index contributed by atoms with van der Waals surface area (Å²) in [5, 5.41) is 3.04. The number of carbonyl (C=O) groups is 2. The maximum Gasteiger partial charge on any atom is 0.227 e. The summed E-state index contributed by atoms with van der Waals surface area (Å²) in [6.45, 7) is 7.40. The van der Waals surface area contributed by atoms with Crippen LogP contribution in [-0.2, 0) is 16.0 Å². The van der Waals surface area contributed by atoms with Gasteiger partial charge in [-0.05, 0) is 62.4 Å². The summed E-state index contributed by atoms with van der Waals surface area (Å²) in [6.07, 6.45) is 1.87. The molecule has 1 heterocycles. The summed E-state index contributed by atoms with van der Waals surface area (Å²) in [7, 11) is 0. The average Bonchev–Trinajstić information content (AvgIpc) is 2.63. The van der Waals surface area contributed by atoms with E-state index in [0.717, 1.165) is 35.2 Å². The van der Waals surface area contributed by atoms with Crippen molar-refractivity contribution in [2.24, 2.45) is 5.92 Å². The molecule has 27 heavy (non-hydrogen) atoms. The first-order valence-electron chi connectivity index (χ1n) is 9.63. The largest absolute Gasteiger partial charge is 0.342 e. The summed E-state index contributed by atoms with van der Waals surface area (Å²) in [5.74, 6) is 0.173. The number of benzene rings is 2. The minimum absolute atomic E-state index is 0.0331. The van der Waals surface area contributed by atoms with Gasteiger partial charge in [-0.2, -0.15) is 0 Å². The van der Waals surface area contributed by atoms with Crippen molar-refractivity contribution in [2.75, 3.05) is 18.4 Å². The molecule has 0 radical (unpaired) electrons. The minimum Gasteiger partial charge on any atom is -0.342 e.